The van der Waals surface area contributed by atoms with E-state index in [1.165, 1.54) is 25.2 Å². The fourth-order valence-corrected chi connectivity index (χ4v) is 4.14. The predicted molar refractivity (Wildman–Crippen MR) is 107 cm³/mol. The third kappa shape index (κ3) is 4.92. The Kier molecular flexibility index (Phi) is 6.51. The Morgan fingerprint density at radius 2 is 1.97 bits per heavy atom. The van der Waals surface area contributed by atoms with Gasteiger partial charge in [0.05, 0.1) is 23.1 Å². The number of hydrogen-bond donors (Lipinski definition) is 1. The van der Waals surface area contributed by atoms with Gasteiger partial charge < -0.3 is 19.5 Å². The molecule has 3 rings (SSSR count). The zero-order chi connectivity index (χ0) is 21.0. The van der Waals surface area contributed by atoms with Gasteiger partial charge in [0.2, 0.25) is 22.7 Å². The third-order valence-corrected chi connectivity index (χ3v) is 6.30. The molecule has 1 heterocycles. The highest BCUT2D eigenvalue weighted by atomic mass is 35.5. The van der Waals surface area contributed by atoms with E-state index in [9.17, 15) is 13.2 Å². The second kappa shape index (κ2) is 8.89. The Labute approximate surface area is 174 Å². The molecule has 0 saturated heterocycles. The number of benzene rings is 2. The van der Waals surface area contributed by atoms with Crippen molar-refractivity contribution in [3.63, 3.8) is 0 Å². The summed E-state index contributed by atoms with van der Waals surface area (Å²) in [6, 6.07) is 9.53. The van der Waals surface area contributed by atoms with Gasteiger partial charge in [-0.2, -0.15) is 4.31 Å². The number of nitrogens with zero attached hydrogens (tertiary/aromatic N) is 1. The lowest BCUT2D eigenvalue weighted by atomic mass is 10.2. The molecule has 2 aromatic carbocycles. The molecule has 1 aliphatic rings. The quantitative estimate of drug-likeness (QED) is 0.677. The molecule has 0 fully saturated rings. The minimum atomic E-state index is -3.88. The average molecular weight is 441 g/mol. The van der Waals surface area contributed by atoms with Crippen molar-refractivity contribution < 1.29 is 27.4 Å². The van der Waals surface area contributed by atoms with Gasteiger partial charge in [0.15, 0.2) is 11.5 Å². The smallest absolute Gasteiger partial charge is 0.243 e. The minimum absolute atomic E-state index is 0.0166. The normalized spacial score (nSPS) is 12.8. The first-order valence-corrected chi connectivity index (χ1v) is 10.7. The number of fused-ring (bicyclic) bond motifs is 1. The van der Waals surface area contributed by atoms with Crippen LogP contribution < -0.4 is 19.5 Å². The van der Waals surface area contributed by atoms with Crippen molar-refractivity contribution in [2.45, 2.75) is 18.4 Å². The highest BCUT2D eigenvalue weighted by Crippen LogP contribution is 2.32. The van der Waals surface area contributed by atoms with Crippen LogP contribution >= 0.6 is 11.6 Å². The van der Waals surface area contributed by atoms with Crippen molar-refractivity contribution in [2.75, 3.05) is 27.0 Å². The van der Waals surface area contributed by atoms with Crippen LogP contribution in [0.4, 0.5) is 0 Å². The first-order valence-electron chi connectivity index (χ1n) is 8.85. The molecule has 0 spiro atoms. The molecule has 10 heteroatoms. The molecule has 0 atom stereocenters. The monoisotopic (exact) mass is 440 g/mol. The van der Waals surface area contributed by atoms with Crippen LogP contribution in [0.15, 0.2) is 41.3 Å². The standard InChI is InChI=1S/C19H21ClN2O6S/c1-3-26-16-7-5-14(9-15(16)20)29(24,25)22(2)11-19(23)21-10-13-4-6-17-18(8-13)28-12-27-17/h4-9H,3,10-12H2,1-2H3,(H,21,23). The molecule has 2 aromatic rings. The molecular weight excluding hydrogens is 420 g/mol. The lowest BCUT2D eigenvalue weighted by Gasteiger charge is -2.17. The number of likely N-dealkylation sites (N-methyl/N-ethyl adjacent to an activating group) is 1. The maximum Gasteiger partial charge on any atom is 0.243 e. The highest BCUT2D eigenvalue weighted by molar-refractivity contribution is 7.89. The summed E-state index contributed by atoms with van der Waals surface area (Å²) in [7, 11) is -2.55. The van der Waals surface area contributed by atoms with Gasteiger partial charge >= 0.3 is 0 Å². The van der Waals surface area contributed by atoms with Crippen molar-refractivity contribution >= 4 is 27.5 Å². The van der Waals surface area contributed by atoms with E-state index in [0.717, 1.165) is 9.87 Å². The molecule has 0 aliphatic carbocycles. The summed E-state index contributed by atoms with van der Waals surface area (Å²) in [5.74, 6) is 1.23. The van der Waals surface area contributed by atoms with E-state index in [0.29, 0.717) is 23.9 Å². The zero-order valence-corrected chi connectivity index (χ0v) is 17.5. The van der Waals surface area contributed by atoms with Crippen LogP contribution in [-0.4, -0.2) is 45.6 Å². The number of amides is 1. The molecular formula is C19H21ClN2O6S. The molecule has 0 aromatic heterocycles. The predicted octanol–water partition coefficient (Wildman–Crippen LogP) is 2.40. The van der Waals surface area contributed by atoms with Gasteiger partial charge in [-0.1, -0.05) is 17.7 Å². The van der Waals surface area contributed by atoms with Crippen molar-refractivity contribution in [2.24, 2.45) is 0 Å². The lowest BCUT2D eigenvalue weighted by Crippen LogP contribution is -2.38. The van der Waals surface area contributed by atoms with Crippen LogP contribution in [0.2, 0.25) is 5.02 Å². The number of rotatable bonds is 8. The van der Waals surface area contributed by atoms with Crippen LogP contribution in [-0.2, 0) is 21.4 Å². The number of nitrogens with one attached hydrogen (secondary N) is 1. The topological polar surface area (TPSA) is 94.2 Å². The second-order valence-corrected chi connectivity index (χ2v) is 8.70. The third-order valence-electron chi connectivity index (χ3n) is 4.20. The largest absolute Gasteiger partial charge is 0.492 e. The fraction of sp³-hybridized carbons (Fsp3) is 0.316. The van der Waals surface area contributed by atoms with E-state index in [4.69, 9.17) is 25.8 Å². The van der Waals surface area contributed by atoms with Gasteiger partial charge in [-0.15, -0.1) is 0 Å². The molecule has 0 saturated carbocycles. The van der Waals surface area contributed by atoms with Crippen molar-refractivity contribution in [1.82, 2.24) is 9.62 Å². The number of halogens is 1. The van der Waals surface area contributed by atoms with Gasteiger partial charge in [-0.25, -0.2) is 8.42 Å². The number of carbonyl (C=O) groups is 1. The van der Waals surface area contributed by atoms with E-state index in [1.807, 2.05) is 0 Å². The van der Waals surface area contributed by atoms with Gasteiger partial charge in [-0.3, -0.25) is 4.79 Å². The summed E-state index contributed by atoms with van der Waals surface area (Å²) >= 11 is 6.08. The van der Waals surface area contributed by atoms with Crippen LogP contribution in [0.5, 0.6) is 17.2 Å². The molecule has 0 radical (unpaired) electrons. The summed E-state index contributed by atoms with van der Waals surface area (Å²) in [5.41, 5.74) is 0.811. The maximum absolute atomic E-state index is 12.7. The van der Waals surface area contributed by atoms with Crippen LogP contribution in [0.3, 0.4) is 0 Å². The first-order chi connectivity index (χ1) is 13.8. The molecule has 8 nitrogen and oxygen atoms in total. The number of carbonyl (C=O) groups excluding carboxylic acids is 1. The second-order valence-electron chi connectivity index (χ2n) is 6.25. The summed E-state index contributed by atoms with van der Waals surface area (Å²) in [4.78, 5) is 12.2. The van der Waals surface area contributed by atoms with Crippen LogP contribution in [0, 0.1) is 0 Å². The molecule has 1 amide bonds. The Bertz CT molecular complexity index is 1010. The highest BCUT2D eigenvalue weighted by Gasteiger charge is 2.24. The van der Waals surface area contributed by atoms with Crippen LogP contribution in [0.25, 0.3) is 0 Å². The van der Waals surface area contributed by atoms with Gasteiger partial charge in [0.1, 0.15) is 5.75 Å². The summed E-state index contributed by atoms with van der Waals surface area (Å²) in [6.07, 6.45) is 0. The number of ether oxygens (including phenoxy) is 3. The minimum Gasteiger partial charge on any atom is -0.492 e. The zero-order valence-electron chi connectivity index (χ0n) is 16.0. The van der Waals surface area contributed by atoms with Crippen molar-refractivity contribution in [3.05, 3.63) is 47.0 Å². The molecule has 0 bridgehead atoms. The molecule has 1 N–H and O–H groups in total. The van der Waals surface area contributed by atoms with Crippen molar-refractivity contribution in [1.29, 1.82) is 0 Å². The summed E-state index contributed by atoms with van der Waals surface area (Å²) in [6.45, 7) is 2.28. The molecule has 0 unspecified atom stereocenters. The Hall–Kier alpha value is -2.49. The fourth-order valence-electron chi connectivity index (χ4n) is 2.69. The van der Waals surface area contributed by atoms with Crippen LogP contribution in [0.1, 0.15) is 12.5 Å². The SMILES string of the molecule is CCOc1ccc(S(=O)(=O)N(C)CC(=O)NCc2ccc3c(c2)OCO3)cc1Cl. The van der Waals surface area contributed by atoms with E-state index in [2.05, 4.69) is 5.32 Å². The molecule has 156 valence electrons. The van der Waals surface area contributed by atoms with E-state index < -0.39 is 15.9 Å². The Morgan fingerprint density at radius 3 is 2.69 bits per heavy atom. The lowest BCUT2D eigenvalue weighted by molar-refractivity contribution is -0.121. The van der Waals surface area contributed by atoms with E-state index >= 15 is 0 Å². The number of sulfonamides is 1. The molecule has 1 aliphatic heterocycles. The Balaban J connectivity index is 1.60. The average Bonchev–Trinajstić information content (AvgIpc) is 3.15. The van der Waals surface area contributed by atoms with Gasteiger partial charge in [0, 0.05) is 13.6 Å². The Morgan fingerprint density at radius 1 is 1.21 bits per heavy atom. The number of hydrogen-bond acceptors (Lipinski definition) is 6. The van der Waals surface area contributed by atoms with Crippen molar-refractivity contribution in [3.8, 4) is 17.2 Å². The van der Waals surface area contributed by atoms with E-state index in [-0.39, 0.29) is 29.8 Å². The maximum atomic E-state index is 12.7. The molecule has 29 heavy (non-hydrogen) atoms. The van der Waals surface area contributed by atoms with Gasteiger partial charge in [-0.05, 0) is 42.8 Å². The first kappa shape index (κ1) is 21.2. The van der Waals surface area contributed by atoms with E-state index in [1.54, 1.807) is 25.1 Å². The summed E-state index contributed by atoms with van der Waals surface area (Å²) < 4.78 is 42.2. The summed E-state index contributed by atoms with van der Waals surface area (Å²) in [5, 5.41) is 2.88. The van der Waals surface area contributed by atoms with Gasteiger partial charge in [0.25, 0.3) is 0 Å².